The van der Waals surface area contributed by atoms with E-state index < -0.39 is 0 Å². The van der Waals surface area contributed by atoms with Gasteiger partial charge in [0.05, 0.1) is 22.3 Å². The molecule has 6 N–H and O–H groups in total. The van der Waals surface area contributed by atoms with Crippen LogP contribution in [0, 0.1) is 12.3 Å². The lowest BCUT2D eigenvalue weighted by Crippen LogP contribution is -2.18. The van der Waals surface area contributed by atoms with Gasteiger partial charge in [0, 0.05) is 22.8 Å². The van der Waals surface area contributed by atoms with E-state index in [1.54, 1.807) is 6.07 Å². The number of carbonyl (C=O) groups excluding carboxylic acids is 1. The number of nitrogens with zero attached hydrogens (tertiary/aromatic N) is 1. The Morgan fingerprint density at radius 3 is 2.77 bits per heavy atom. The third kappa shape index (κ3) is 4.21. The molecule has 158 valence electrons. The Balaban J connectivity index is 1.60. The van der Waals surface area contributed by atoms with Crippen molar-refractivity contribution in [3.63, 3.8) is 0 Å². The maximum atomic E-state index is 13.1. The van der Waals surface area contributed by atoms with Gasteiger partial charge in [0.2, 0.25) is 5.78 Å². The molecule has 4 aromatic rings. The van der Waals surface area contributed by atoms with E-state index in [2.05, 4.69) is 39.3 Å². The van der Waals surface area contributed by atoms with Crippen molar-refractivity contribution in [2.75, 3.05) is 5.32 Å². The van der Waals surface area contributed by atoms with Crippen LogP contribution in [0.2, 0.25) is 0 Å². The highest BCUT2D eigenvalue weighted by molar-refractivity contribution is 6.21. The van der Waals surface area contributed by atoms with E-state index in [0.717, 1.165) is 53.2 Å². The molecule has 4 rings (SSSR count). The fourth-order valence-corrected chi connectivity index (χ4v) is 3.68. The van der Waals surface area contributed by atoms with Gasteiger partial charge in [-0.1, -0.05) is 25.5 Å². The second kappa shape index (κ2) is 8.47. The lowest BCUT2D eigenvalue weighted by molar-refractivity contribution is 0.103. The minimum Gasteiger partial charge on any atom is -0.385 e. The number of anilines is 1. The lowest BCUT2D eigenvalue weighted by Gasteiger charge is -2.09. The van der Waals surface area contributed by atoms with Gasteiger partial charge in [-0.2, -0.15) is 0 Å². The van der Waals surface area contributed by atoms with Gasteiger partial charge in [0.25, 0.3) is 0 Å². The summed E-state index contributed by atoms with van der Waals surface area (Å²) in [4.78, 5) is 23.8. The molecule has 0 amide bonds. The van der Waals surface area contributed by atoms with E-state index in [0.29, 0.717) is 11.4 Å². The van der Waals surface area contributed by atoms with Gasteiger partial charge >= 0.3 is 0 Å². The van der Waals surface area contributed by atoms with E-state index in [4.69, 9.17) is 11.1 Å². The van der Waals surface area contributed by atoms with Crippen LogP contribution in [0.1, 0.15) is 41.6 Å². The highest BCUT2D eigenvalue weighted by atomic mass is 16.1. The Labute approximate surface area is 180 Å². The Kier molecular flexibility index (Phi) is 5.58. The number of ketones is 1. The summed E-state index contributed by atoms with van der Waals surface area (Å²) >= 11 is 0. The van der Waals surface area contributed by atoms with Crippen molar-refractivity contribution >= 4 is 39.6 Å². The van der Waals surface area contributed by atoms with Crippen LogP contribution in [0.3, 0.4) is 0 Å². The van der Waals surface area contributed by atoms with Gasteiger partial charge in [-0.15, -0.1) is 0 Å². The van der Waals surface area contributed by atoms with Crippen LogP contribution in [0.5, 0.6) is 0 Å². The van der Waals surface area contributed by atoms with Gasteiger partial charge < -0.3 is 26.4 Å². The smallest absolute Gasteiger partial charge is 0.214 e. The normalized spacial score (nSPS) is 12.2. The molecule has 0 aliphatic rings. The molecule has 0 aliphatic heterocycles. The van der Waals surface area contributed by atoms with Crippen LogP contribution in [0.25, 0.3) is 21.9 Å². The number of aromatic amines is 2. The van der Waals surface area contributed by atoms with Crippen LogP contribution < -0.4 is 11.1 Å². The van der Waals surface area contributed by atoms with Crippen LogP contribution in [0.15, 0.2) is 53.9 Å². The average molecular weight is 415 g/mol. The molecule has 0 atom stereocenters. The molecule has 2 aromatic carbocycles. The minimum atomic E-state index is -0.329. The number of benzene rings is 2. The standard InChI is InChI=1S/C24H26N6O/c1-3-4-5-15-6-7-16-11-22(30-20(16)10-15)23(31)18(13-25)24(26)29-17-8-9-19-21(12-17)28-14(2)27-19/h6-13,25,29-30H,3-5,26H2,1-2H3,(H,27,28)/b24-18+,25-13?. The fraction of sp³-hybridized carbons (Fsp3) is 0.208. The number of allylic oxidation sites excluding steroid dienone is 1. The van der Waals surface area contributed by atoms with Crippen LogP contribution in [-0.4, -0.2) is 26.9 Å². The van der Waals surface area contributed by atoms with Crippen molar-refractivity contribution in [2.45, 2.75) is 33.1 Å². The number of Topliss-reactive ketones (excluding diaryl/α,β-unsaturated/α-hetero) is 1. The Morgan fingerprint density at radius 1 is 1.16 bits per heavy atom. The fourth-order valence-electron chi connectivity index (χ4n) is 3.68. The molecule has 0 saturated carbocycles. The SMILES string of the molecule is CCCCc1ccc2cc(C(=O)/C(C=N)=C(\N)Nc3ccc4nc(C)[nH]c4c3)[nH]c2c1. The number of rotatable bonds is 8. The number of imidazole rings is 1. The number of aryl methyl sites for hydroxylation is 2. The van der Waals surface area contributed by atoms with Crippen molar-refractivity contribution in [3.8, 4) is 0 Å². The van der Waals surface area contributed by atoms with Crippen LogP contribution >= 0.6 is 0 Å². The molecule has 31 heavy (non-hydrogen) atoms. The molecular weight excluding hydrogens is 388 g/mol. The van der Waals surface area contributed by atoms with Gasteiger partial charge in [-0.3, -0.25) is 4.79 Å². The molecule has 0 radical (unpaired) electrons. The monoisotopic (exact) mass is 414 g/mol. The Morgan fingerprint density at radius 2 is 2.00 bits per heavy atom. The van der Waals surface area contributed by atoms with Gasteiger partial charge in [0.1, 0.15) is 11.6 Å². The summed E-state index contributed by atoms with van der Waals surface area (Å²) in [5.41, 5.74) is 11.3. The first-order valence-corrected chi connectivity index (χ1v) is 10.4. The first-order chi connectivity index (χ1) is 15.0. The van der Waals surface area contributed by atoms with Gasteiger partial charge in [-0.25, -0.2) is 4.98 Å². The van der Waals surface area contributed by atoms with E-state index >= 15 is 0 Å². The van der Waals surface area contributed by atoms with Crippen molar-refractivity contribution in [1.82, 2.24) is 15.0 Å². The van der Waals surface area contributed by atoms with Crippen molar-refractivity contribution in [2.24, 2.45) is 5.73 Å². The molecule has 0 aliphatic carbocycles. The molecule has 0 spiro atoms. The second-order valence-electron chi connectivity index (χ2n) is 7.69. The number of hydrogen-bond acceptors (Lipinski definition) is 5. The Hall–Kier alpha value is -3.87. The summed E-state index contributed by atoms with van der Waals surface area (Å²) in [7, 11) is 0. The molecule has 0 bridgehead atoms. The molecule has 7 nitrogen and oxygen atoms in total. The zero-order valence-electron chi connectivity index (χ0n) is 17.7. The highest BCUT2D eigenvalue weighted by Gasteiger charge is 2.17. The largest absolute Gasteiger partial charge is 0.385 e. The first-order valence-electron chi connectivity index (χ1n) is 10.4. The molecule has 2 aromatic heterocycles. The topological polar surface area (TPSA) is 123 Å². The summed E-state index contributed by atoms with van der Waals surface area (Å²) in [6.07, 6.45) is 4.27. The van der Waals surface area contributed by atoms with E-state index in [1.807, 2.05) is 31.2 Å². The van der Waals surface area contributed by atoms with Crippen molar-refractivity contribution < 1.29 is 4.79 Å². The number of H-pyrrole nitrogens is 2. The Bertz CT molecular complexity index is 1310. The predicted octanol–water partition coefficient (Wildman–Crippen LogP) is 4.81. The van der Waals surface area contributed by atoms with E-state index in [9.17, 15) is 4.79 Å². The molecule has 0 saturated heterocycles. The van der Waals surface area contributed by atoms with Gasteiger partial charge in [-0.05, 0) is 55.7 Å². The number of hydrogen-bond donors (Lipinski definition) is 5. The molecule has 2 heterocycles. The number of fused-ring (bicyclic) bond motifs is 2. The first kappa shape index (κ1) is 20.4. The molecular formula is C24H26N6O. The third-order valence-electron chi connectivity index (χ3n) is 5.31. The van der Waals surface area contributed by atoms with Crippen LogP contribution in [0.4, 0.5) is 5.69 Å². The van der Waals surface area contributed by atoms with E-state index in [-0.39, 0.29) is 17.2 Å². The lowest BCUT2D eigenvalue weighted by atomic mass is 10.1. The van der Waals surface area contributed by atoms with Crippen molar-refractivity contribution in [1.29, 1.82) is 5.41 Å². The maximum Gasteiger partial charge on any atom is 0.214 e. The maximum absolute atomic E-state index is 13.1. The van der Waals surface area contributed by atoms with Crippen LogP contribution in [-0.2, 0) is 6.42 Å². The number of aromatic nitrogens is 3. The van der Waals surface area contributed by atoms with Gasteiger partial charge in [0.15, 0.2) is 0 Å². The van der Waals surface area contributed by atoms with Crippen molar-refractivity contribution in [3.05, 3.63) is 70.9 Å². The number of nitrogens with one attached hydrogen (secondary N) is 4. The molecule has 0 unspecified atom stereocenters. The third-order valence-corrected chi connectivity index (χ3v) is 5.31. The zero-order chi connectivity index (χ0) is 22.0. The summed E-state index contributed by atoms with van der Waals surface area (Å²) in [6, 6.07) is 13.6. The molecule has 0 fully saturated rings. The second-order valence-corrected chi connectivity index (χ2v) is 7.69. The minimum absolute atomic E-state index is 0.0960. The highest BCUT2D eigenvalue weighted by Crippen LogP contribution is 2.22. The number of unbranched alkanes of at least 4 members (excludes halogenated alkanes) is 1. The summed E-state index contributed by atoms with van der Waals surface area (Å²) < 4.78 is 0. The summed E-state index contributed by atoms with van der Waals surface area (Å²) in [5.74, 6) is 0.616. The number of nitrogens with two attached hydrogens (primary N) is 1. The summed E-state index contributed by atoms with van der Waals surface area (Å²) in [5, 5.41) is 11.8. The number of carbonyl (C=O) groups is 1. The molecule has 7 heteroatoms. The predicted molar refractivity (Wildman–Crippen MR) is 126 cm³/mol. The zero-order valence-corrected chi connectivity index (χ0v) is 17.7. The quantitative estimate of drug-likeness (QED) is 0.161. The summed E-state index contributed by atoms with van der Waals surface area (Å²) in [6.45, 7) is 4.06. The van der Waals surface area contributed by atoms with E-state index in [1.165, 1.54) is 5.56 Å². The average Bonchev–Trinajstić information content (AvgIpc) is 3.34.